The van der Waals surface area contributed by atoms with Crippen molar-refractivity contribution < 1.29 is 14.3 Å². The van der Waals surface area contributed by atoms with E-state index in [0.29, 0.717) is 30.0 Å². The molecular weight excluding hydrogens is 384 g/mol. The van der Waals surface area contributed by atoms with E-state index in [1.54, 1.807) is 36.3 Å². The minimum Gasteiger partial charge on any atom is -0.494 e. The SMILES string of the molecule is COc1cc(NC(=O)c2cccc(Br)c2)ccc1N1CCCCC1=O. The van der Waals surface area contributed by atoms with Crippen LogP contribution in [0.2, 0.25) is 0 Å². The third-order valence-corrected chi connectivity index (χ3v) is 4.63. The molecule has 1 N–H and O–H groups in total. The van der Waals surface area contributed by atoms with Gasteiger partial charge in [-0.15, -0.1) is 0 Å². The smallest absolute Gasteiger partial charge is 0.255 e. The van der Waals surface area contributed by atoms with Crippen LogP contribution in [0.1, 0.15) is 29.6 Å². The Bertz CT molecular complexity index is 807. The zero-order chi connectivity index (χ0) is 17.8. The lowest BCUT2D eigenvalue weighted by Gasteiger charge is -2.28. The zero-order valence-corrected chi connectivity index (χ0v) is 15.5. The van der Waals surface area contributed by atoms with E-state index >= 15 is 0 Å². The van der Waals surface area contributed by atoms with E-state index in [4.69, 9.17) is 4.74 Å². The van der Waals surface area contributed by atoms with Crippen LogP contribution in [0.3, 0.4) is 0 Å². The molecule has 5 nitrogen and oxygen atoms in total. The van der Waals surface area contributed by atoms with Gasteiger partial charge in [-0.25, -0.2) is 0 Å². The van der Waals surface area contributed by atoms with Crippen molar-refractivity contribution in [3.8, 4) is 5.75 Å². The van der Waals surface area contributed by atoms with Crippen LogP contribution < -0.4 is 15.0 Å². The van der Waals surface area contributed by atoms with Gasteiger partial charge in [0.2, 0.25) is 5.91 Å². The van der Waals surface area contributed by atoms with Gasteiger partial charge in [0, 0.05) is 34.8 Å². The number of anilines is 2. The number of amides is 2. The quantitative estimate of drug-likeness (QED) is 0.832. The molecule has 1 saturated heterocycles. The highest BCUT2D eigenvalue weighted by molar-refractivity contribution is 9.10. The van der Waals surface area contributed by atoms with Crippen molar-refractivity contribution in [1.29, 1.82) is 0 Å². The largest absolute Gasteiger partial charge is 0.494 e. The predicted molar refractivity (Wildman–Crippen MR) is 101 cm³/mol. The molecule has 2 aromatic carbocycles. The molecule has 2 amide bonds. The third kappa shape index (κ3) is 4.02. The summed E-state index contributed by atoms with van der Waals surface area (Å²) in [5.41, 5.74) is 1.92. The molecule has 0 aliphatic carbocycles. The Morgan fingerprint density at radius 3 is 2.76 bits per heavy atom. The number of hydrogen-bond acceptors (Lipinski definition) is 3. The minimum atomic E-state index is -0.204. The first-order valence-electron chi connectivity index (χ1n) is 8.14. The van der Waals surface area contributed by atoms with Crippen molar-refractivity contribution in [2.75, 3.05) is 23.9 Å². The Kier molecular flexibility index (Phi) is 5.38. The number of benzene rings is 2. The van der Waals surface area contributed by atoms with Gasteiger partial charge >= 0.3 is 0 Å². The molecule has 1 fully saturated rings. The van der Waals surface area contributed by atoms with E-state index in [1.807, 2.05) is 18.2 Å². The van der Waals surface area contributed by atoms with E-state index in [-0.39, 0.29) is 11.8 Å². The summed E-state index contributed by atoms with van der Waals surface area (Å²) in [6.07, 6.45) is 2.47. The van der Waals surface area contributed by atoms with Crippen LogP contribution >= 0.6 is 15.9 Å². The summed E-state index contributed by atoms with van der Waals surface area (Å²) in [4.78, 5) is 26.3. The minimum absolute atomic E-state index is 0.107. The number of halogens is 1. The van der Waals surface area contributed by atoms with Gasteiger partial charge in [-0.1, -0.05) is 22.0 Å². The van der Waals surface area contributed by atoms with Gasteiger partial charge in [-0.3, -0.25) is 9.59 Å². The van der Waals surface area contributed by atoms with Crippen molar-refractivity contribution in [2.24, 2.45) is 0 Å². The summed E-state index contributed by atoms with van der Waals surface area (Å²) in [6, 6.07) is 12.5. The average molecular weight is 403 g/mol. The number of nitrogens with zero attached hydrogens (tertiary/aromatic N) is 1. The molecule has 1 aliphatic rings. The number of rotatable bonds is 4. The fourth-order valence-corrected chi connectivity index (χ4v) is 3.27. The second-order valence-corrected chi connectivity index (χ2v) is 6.77. The number of piperidine rings is 1. The van der Waals surface area contributed by atoms with Crippen molar-refractivity contribution in [3.05, 3.63) is 52.5 Å². The number of hydrogen-bond donors (Lipinski definition) is 1. The topological polar surface area (TPSA) is 58.6 Å². The van der Waals surface area contributed by atoms with Gasteiger partial charge in [0.15, 0.2) is 0 Å². The Balaban J connectivity index is 1.81. The first kappa shape index (κ1) is 17.5. The first-order chi connectivity index (χ1) is 12.1. The fourth-order valence-electron chi connectivity index (χ4n) is 2.87. The first-order valence-corrected chi connectivity index (χ1v) is 8.93. The molecule has 0 radical (unpaired) electrons. The highest BCUT2D eigenvalue weighted by atomic mass is 79.9. The van der Waals surface area contributed by atoms with Crippen LogP contribution in [-0.4, -0.2) is 25.5 Å². The van der Waals surface area contributed by atoms with E-state index in [1.165, 1.54) is 0 Å². The monoisotopic (exact) mass is 402 g/mol. The van der Waals surface area contributed by atoms with Crippen LogP contribution in [0.4, 0.5) is 11.4 Å². The maximum absolute atomic E-state index is 12.4. The molecule has 3 rings (SSSR count). The van der Waals surface area contributed by atoms with E-state index in [0.717, 1.165) is 23.0 Å². The molecule has 1 aliphatic heterocycles. The van der Waals surface area contributed by atoms with Crippen molar-refractivity contribution >= 4 is 39.1 Å². The third-order valence-electron chi connectivity index (χ3n) is 4.14. The Morgan fingerprint density at radius 1 is 1.20 bits per heavy atom. The number of methoxy groups -OCH3 is 1. The average Bonchev–Trinajstić information content (AvgIpc) is 2.62. The summed E-state index contributed by atoms with van der Waals surface area (Å²) < 4.78 is 6.29. The predicted octanol–water partition coefficient (Wildman–Crippen LogP) is 4.23. The summed E-state index contributed by atoms with van der Waals surface area (Å²) in [5.74, 6) is 0.475. The van der Waals surface area contributed by atoms with Gasteiger partial charge < -0.3 is 15.0 Å². The van der Waals surface area contributed by atoms with Crippen molar-refractivity contribution in [3.63, 3.8) is 0 Å². The second kappa shape index (κ2) is 7.70. The Labute approximate surface area is 155 Å². The lowest BCUT2D eigenvalue weighted by atomic mass is 10.1. The number of carbonyl (C=O) groups excluding carboxylic acids is 2. The molecule has 0 aromatic heterocycles. The standard InChI is InChI=1S/C19H19BrN2O3/c1-25-17-12-15(21-19(24)13-5-4-6-14(20)11-13)8-9-16(17)22-10-3-2-7-18(22)23/h4-6,8-9,11-12H,2-3,7,10H2,1H3,(H,21,24). The molecule has 0 spiro atoms. The zero-order valence-electron chi connectivity index (χ0n) is 13.9. The molecule has 0 bridgehead atoms. The number of nitrogens with one attached hydrogen (secondary N) is 1. The summed E-state index contributed by atoms with van der Waals surface area (Å²) >= 11 is 3.36. The van der Waals surface area contributed by atoms with Crippen LogP contribution in [-0.2, 0) is 4.79 Å². The van der Waals surface area contributed by atoms with Gasteiger partial charge in [-0.2, -0.15) is 0 Å². The van der Waals surface area contributed by atoms with Crippen LogP contribution in [0, 0.1) is 0 Å². The highest BCUT2D eigenvalue weighted by Crippen LogP contribution is 2.33. The Morgan fingerprint density at radius 2 is 2.04 bits per heavy atom. The summed E-state index contributed by atoms with van der Waals surface area (Å²) in [5, 5.41) is 2.86. The molecule has 0 saturated carbocycles. The molecule has 0 atom stereocenters. The molecule has 130 valence electrons. The lowest BCUT2D eigenvalue weighted by molar-refractivity contribution is -0.119. The van der Waals surface area contributed by atoms with E-state index in [9.17, 15) is 9.59 Å². The maximum Gasteiger partial charge on any atom is 0.255 e. The van der Waals surface area contributed by atoms with Crippen molar-refractivity contribution in [1.82, 2.24) is 0 Å². The van der Waals surface area contributed by atoms with Crippen LogP contribution in [0.25, 0.3) is 0 Å². The van der Waals surface area contributed by atoms with Crippen molar-refractivity contribution in [2.45, 2.75) is 19.3 Å². The van der Waals surface area contributed by atoms with Crippen LogP contribution in [0.5, 0.6) is 5.75 Å². The molecule has 0 unspecified atom stereocenters. The summed E-state index contributed by atoms with van der Waals surface area (Å²) in [7, 11) is 1.56. The van der Waals surface area contributed by atoms with Gasteiger partial charge in [0.25, 0.3) is 5.91 Å². The van der Waals surface area contributed by atoms with Gasteiger partial charge in [0.1, 0.15) is 5.75 Å². The molecule has 6 heteroatoms. The Hall–Kier alpha value is -2.34. The number of carbonyl (C=O) groups is 2. The number of ether oxygens (including phenoxy) is 1. The van der Waals surface area contributed by atoms with Gasteiger partial charge in [-0.05, 0) is 43.2 Å². The highest BCUT2D eigenvalue weighted by Gasteiger charge is 2.22. The second-order valence-electron chi connectivity index (χ2n) is 5.85. The molecular formula is C19H19BrN2O3. The molecule has 1 heterocycles. The molecule has 2 aromatic rings. The van der Waals surface area contributed by atoms with Gasteiger partial charge in [0.05, 0.1) is 12.8 Å². The van der Waals surface area contributed by atoms with E-state index in [2.05, 4.69) is 21.2 Å². The normalized spacial score (nSPS) is 14.3. The maximum atomic E-state index is 12.4. The lowest BCUT2D eigenvalue weighted by Crippen LogP contribution is -2.35. The fraction of sp³-hybridized carbons (Fsp3) is 0.263. The van der Waals surface area contributed by atoms with Crippen LogP contribution in [0.15, 0.2) is 46.9 Å². The summed E-state index contributed by atoms with van der Waals surface area (Å²) in [6.45, 7) is 0.693. The van der Waals surface area contributed by atoms with E-state index < -0.39 is 0 Å². The molecule has 25 heavy (non-hydrogen) atoms.